The van der Waals surface area contributed by atoms with E-state index in [1.807, 2.05) is 48.5 Å². The number of amides is 3. The van der Waals surface area contributed by atoms with Crippen LogP contribution in [0.3, 0.4) is 0 Å². The van der Waals surface area contributed by atoms with E-state index in [4.69, 9.17) is 9.57 Å². The molecule has 1 aliphatic heterocycles. The molecule has 0 radical (unpaired) electrons. The molecule has 0 saturated heterocycles. The van der Waals surface area contributed by atoms with Gasteiger partial charge < -0.3 is 14.9 Å². The number of imide groups is 1. The van der Waals surface area contributed by atoms with Crippen molar-refractivity contribution in [3.8, 4) is 11.1 Å². The molecule has 4 aromatic carbocycles. The van der Waals surface area contributed by atoms with E-state index in [1.165, 1.54) is 23.3 Å². The van der Waals surface area contributed by atoms with E-state index in [1.54, 1.807) is 19.1 Å². The predicted octanol–water partition coefficient (Wildman–Crippen LogP) is 5.66. The van der Waals surface area contributed by atoms with Crippen LogP contribution < -0.4 is 5.32 Å². The van der Waals surface area contributed by atoms with Gasteiger partial charge in [0.1, 0.15) is 6.61 Å². The molecule has 1 atom stereocenters. The molecule has 1 heterocycles. The van der Waals surface area contributed by atoms with Crippen molar-refractivity contribution in [2.75, 3.05) is 6.61 Å². The molecular formula is C34H28N2O6. The molecule has 1 N–H and O–H groups in total. The van der Waals surface area contributed by atoms with Crippen LogP contribution in [-0.2, 0) is 27.3 Å². The van der Waals surface area contributed by atoms with Crippen LogP contribution in [0.25, 0.3) is 11.1 Å². The smallest absolute Gasteiger partial charge is 0.407 e. The molecule has 42 heavy (non-hydrogen) atoms. The Labute approximate surface area is 242 Å². The Morgan fingerprint density at radius 1 is 0.738 bits per heavy atom. The van der Waals surface area contributed by atoms with Crippen molar-refractivity contribution in [3.63, 3.8) is 0 Å². The summed E-state index contributed by atoms with van der Waals surface area (Å²) < 4.78 is 5.60. The molecule has 0 saturated carbocycles. The number of hydroxylamine groups is 2. The van der Waals surface area contributed by atoms with Crippen LogP contribution >= 0.6 is 0 Å². The first-order valence-electron chi connectivity index (χ1n) is 13.8. The molecular weight excluding hydrogens is 532 g/mol. The summed E-state index contributed by atoms with van der Waals surface area (Å²) in [4.78, 5) is 55.3. The topological polar surface area (TPSA) is 102 Å². The van der Waals surface area contributed by atoms with Gasteiger partial charge in [-0.1, -0.05) is 96.9 Å². The third kappa shape index (κ3) is 5.14. The predicted molar refractivity (Wildman–Crippen MR) is 154 cm³/mol. The number of hydrogen-bond donors (Lipinski definition) is 1. The molecule has 0 bridgehead atoms. The SMILES string of the molecule is CC(Cc1ccc(CNC(=O)OCC2c3ccccc3-c3ccccc32)cc1)C(=O)ON1C(=O)c2ccccc2C1=O. The van der Waals surface area contributed by atoms with Gasteiger partial charge in [0.05, 0.1) is 17.0 Å². The molecule has 6 rings (SSSR count). The minimum atomic E-state index is -0.675. The van der Waals surface area contributed by atoms with E-state index in [2.05, 4.69) is 29.6 Å². The highest BCUT2D eigenvalue weighted by Crippen LogP contribution is 2.44. The lowest BCUT2D eigenvalue weighted by atomic mass is 9.98. The highest BCUT2D eigenvalue weighted by Gasteiger charge is 2.39. The Bertz CT molecular complexity index is 1620. The van der Waals surface area contributed by atoms with E-state index in [-0.39, 0.29) is 30.2 Å². The lowest BCUT2D eigenvalue weighted by Gasteiger charge is -2.16. The van der Waals surface area contributed by atoms with E-state index in [0.717, 1.165) is 22.3 Å². The summed E-state index contributed by atoms with van der Waals surface area (Å²) in [7, 11) is 0. The van der Waals surface area contributed by atoms with E-state index in [9.17, 15) is 19.2 Å². The van der Waals surface area contributed by atoms with Crippen LogP contribution in [0.5, 0.6) is 0 Å². The minimum absolute atomic E-state index is 0.00635. The standard InChI is InChI=1S/C34H28N2O6/c1-21(33(39)42-36-31(37)28-12-6-7-13-29(28)32(36)38)18-22-14-16-23(17-15-22)19-35-34(40)41-20-30-26-10-4-2-8-24(26)25-9-3-5-11-27(25)30/h2-17,21,30H,18-20H2,1H3,(H,35,40). The quantitative estimate of drug-likeness (QED) is 0.279. The Morgan fingerprint density at radius 2 is 1.24 bits per heavy atom. The van der Waals surface area contributed by atoms with Gasteiger partial charge in [0.25, 0.3) is 11.8 Å². The summed E-state index contributed by atoms with van der Waals surface area (Å²) in [6.07, 6.45) is -0.146. The fourth-order valence-corrected chi connectivity index (χ4v) is 5.48. The first-order valence-corrected chi connectivity index (χ1v) is 13.8. The molecule has 2 aliphatic rings. The Hall–Kier alpha value is -5.24. The zero-order chi connectivity index (χ0) is 29.2. The Balaban J connectivity index is 0.981. The molecule has 3 amide bonds. The number of carbonyl (C=O) groups is 4. The normalized spacial score (nSPS) is 14.2. The van der Waals surface area contributed by atoms with Crippen molar-refractivity contribution in [3.05, 3.63) is 130 Å². The maximum Gasteiger partial charge on any atom is 0.407 e. The van der Waals surface area contributed by atoms with Crippen LogP contribution in [-0.4, -0.2) is 35.5 Å². The van der Waals surface area contributed by atoms with Crippen molar-refractivity contribution in [2.24, 2.45) is 5.92 Å². The summed E-state index contributed by atoms with van der Waals surface area (Å²) in [6, 6.07) is 30.2. The maximum absolute atomic E-state index is 12.7. The van der Waals surface area contributed by atoms with Crippen LogP contribution in [0.1, 0.15) is 55.8 Å². The largest absolute Gasteiger partial charge is 0.449 e. The third-order valence-electron chi connectivity index (χ3n) is 7.69. The summed E-state index contributed by atoms with van der Waals surface area (Å²) in [5.41, 5.74) is 6.82. The lowest BCUT2D eigenvalue weighted by molar-refractivity contribution is -0.173. The van der Waals surface area contributed by atoms with Gasteiger partial charge in [-0.2, -0.15) is 0 Å². The molecule has 0 fully saturated rings. The highest BCUT2D eigenvalue weighted by atomic mass is 16.7. The number of nitrogens with one attached hydrogen (secondary N) is 1. The van der Waals surface area contributed by atoms with Crippen molar-refractivity contribution in [1.29, 1.82) is 0 Å². The molecule has 8 nitrogen and oxygen atoms in total. The summed E-state index contributed by atoms with van der Waals surface area (Å²) >= 11 is 0. The average molecular weight is 561 g/mol. The molecule has 1 aliphatic carbocycles. The number of benzene rings is 4. The van der Waals surface area contributed by atoms with Gasteiger partial charge in [0, 0.05) is 12.5 Å². The molecule has 0 aromatic heterocycles. The van der Waals surface area contributed by atoms with Crippen molar-refractivity contribution in [1.82, 2.24) is 10.4 Å². The number of fused-ring (bicyclic) bond motifs is 4. The molecule has 210 valence electrons. The van der Waals surface area contributed by atoms with Gasteiger partial charge in [-0.25, -0.2) is 9.59 Å². The summed E-state index contributed by atoms with van der Waals surface area (Å²) in [5, 5.41) is 3.33. The fourth-order valence-electron chi connectivity index (χ4n) is 5.48. The monoisotopic (exact) mass is 560 g/mol. The molecule has 4 aromatic rings. The zero-order valence-electron chi connectivity index (χ0n) is 22.9. The van der Waals surface area contributed by atoms with Crippen LogP contribution in [0.15, 0.2) is 97.1 Å². The number of hydrogen-bond acceptors (Lipinski definition) is 6. The maximum atomic E-state index is 12.7. The van der Waals surface area contributed by atoms with Gasteiger partial charge in [-0.3, -0.25) is 9.59 Å². The molecule has 1 unspecified atom stereocenters. The second-order valence-corrected chi connectivity index (χ2v) is 10.5. The van der Waals surface area contributed by atoms with Gasteiger partial charge >= 0.3 is 12.1 Å². The number of nitrogens with zero attached hydrogens (tertiary/aromatic N) is 1. The summed E-state index contributed by atoms with van der Waals surface area (Å²) in [5.74, 6) is -2.58. The average Bonchev–Trinajstić information content (AvgIpc) is 3.46. The number of rotatable bonds is 8. The first kappa shape index (κ1) is 27.0. The minimum Gasteiger partial charge on any atom is -0.449 e. The van der Waals surface area contributed by atoms with E-state index >= 15 is 0 Å². The number of ether oxygens (including phenoxy) is 1. The first-order chi connectivity index (χ1) is 20.4. The fraction of sp³-hybridized carbons (Fsp3) is 0.176. The lowest BCUT2D eigenvalue weighted by Crippen LogP contribution is -2.35. The van der Waals surface area contributed by atoms with E-state index < -0.39 is 29.8 Å². The Kier molecular flexibility index (Phi) is 7.27. The molecule has 8 heteroatoms. The third-order valence-corrected chi connectivity index (χ3v) is 7.69. The van der Waals surface area contributed by atoms with Crippen molar-refractivity contribution >= 4 is 23.9 Å². The van der Waals surface area contributed by atoms with Gasteiger partial charge in [0.2, 0.25) is 0 Å². The van der Waals surface area contributed by atoms with E-state index in [0.29, 0.717) is 11.5 Å². The van der Waals surface area contributed by atoms with Crippen LogP contribution in [0.2, 0.25) is 0 Å². The number of alkyl carbamates (subject to hydrolysis) is 1. The second kappa shape index (κ2) is 11.3. The summed E-state index contributed by atoms with van der Waals surface area (Å²) in [6.45, 7) is 2.20. The van der Waals surface area contributed by atoms with Gasteiger partial charge in [0.15, 0.2) is 0 Å². The number of carbonyl (C=O) groups excluding carboxylic acids is 4. The van der Waals surface area contributed by atoms with Crippen LogP contribution in [0, 0.1) is 5.92 Å². The zero-order valence-corrected chi connectivity index (χ0v) is 22.9. The second-order valence-electron chi connectivity index (χ2n) is 10.5. The van der Waals surface area contributed by atoms with Gasteiger partial charge in [-0.05, 0) is 51.9 Å². The van der Waals surface area contributed by atoms with Crippen LogP contribution in [0.4, 0.5) is 4.79 Å². The highest BCUT2D eigenvalue weighted by molar-refractivity contribution is 6.20. The van der Waals surface area contributed by atoms with Crippen molar-refractivity contribution in [2.45, 2.75) is 25.8 Å². The van der Waals surface area contributed by atoms with Crippen molar-refractivity contribution < 1.29 is 28.8 Å². The van der Waals surface area contributed by atoms with Gasteiger partial charge in [-0.15, -0.1) is 0 Å². The molecule has 0 spiro atoms. The Morgan fingerprint density at radius 3 is 1.81 bits per heavy atom.